The lowest BCUT2D eigenvalue weighted by atomic mass is 10.0. The monoisotopic (exact) mass is 315 g/mol. The summed E-state index contributed by atoms with van der Waals surface area (Å²) in [7, 11) is 1.60. The van der Waals surface area contributed by atoms with E-state index in [2.05, 4.69) is 16.0 Å². The fraction of sp³-hybridized carbons (Fsp3) is 0.389. The van der Waals surface area contributed by atoms with E-state index in [0.29, 0.717) is 5.88 Å². The van der Waals surface area contributed by atoms with Crippen LogP contribution in [-0.4, -0.2) is 38.4 Å². The van der Waals surface area contributed by atoms with Gasteiger partial charge in [-0.05, 0) is 18.2 Å². The quantitative estimate of drug-likeness (QED) is 0.881. The molecule has 1 saturated heterocycles. The number of benzene rings is 1. The van der Waals surface area contributed by atoms with Gasteiger partial charge < -0.3 is 20.1 Å². The molecule has 3 rings (SSSR count). The number of hydrogen-bond acceptors (Lipinski definition) is 5. The maximum atomic E-state index is 6.21. The Morgan fingerprint density at radius 1 is 1.13 bits per heavy atom. The number of anilines is 2. The van der Waals surface area contributed by atoms with Crippen molar-refractivity contribution in [3.8, 4) is 17.0 Å². The van der Waals surface area contributed by atoms with Gasteiger partial charge in [-0.25, -0.2) is 4.98 Å². The lowest BCUT2D eigenvalue weighted by Gasteiger charge is -2.29. The van der Waals surface area contributed by atoms with E-state index in [-0.39, 0.29) is 0 Å². The maximum Gasteiger partial charge on any atom is 0.212 e. The van der Waals surface area contributed by atoms with Crippen molar-refractivity contribution < 1.29 is 9.47 Å². The van der Waals surface area contributed by atoms with Crippen LogP contribution >= 0.6 is 0 Å². The summed E-state index contributed by atoms with van der Waals surface area (Å²) in [6.45, 7) is 7.35. The Morgan fingerprint density at radius 3 is 2.43 bits per heavy atom. The van der Waals surface area contributed by atoms with Crippen LogP contribution in [0.5, 0.6) is 5.88 Å². The number of morpholine rings is 1. The maximum absolute atomic E-state index is 6.21. The number of pyridine rings is 1. The molecular formula is C18H25N3O2. The van der Waals surface area contributed by atoms with Crippen LogP contribution in [0.4, 0.5) is 11.4 Å². The number of rotatable bonds is 3. The molecule has 0 bridgehead atoms. The molecule has 124 valence electrons. The average Bonchev–Trinajstić information content (AvgIpc) is 2.64. The molecule has 5 nitrogen and oxygen atoms in total. The molecule has 0 atom stereocenters. The minimum Gasteiger partial charge on any atom is -0.481 e. The minimum atomic E-state index is 0.599. The highest BCUT2D eigenvalue weighted by Gasteiger charge is 2.13. The summed E-state index contributed by atoms with van der Waals surface area (Å²) in [5.41, 5.74) is 10.1. The highest BCUT2D eigenvalue weighted by Crippen LogP contribution is 2.30. The second kappa shape index (κ2) is 8.39. The van der Waals surface area contributed by atoms with E-state index in [1.54, 1.807) is 13.3 Å². The summed E-state index contributed by atoms with van der Waals surface area (Å²) in [5, 5.41) is 0. The van der Waals surface area contributed by atoms with E-state index in [4.69, 9.17) is 15.2 Å². The molecule has 2 N–H and O–H groups in total. The van der Waals surface area contributed by atoms with Crippen LogP contribution in [0.2, 0.25) is 0 Å². The van der Waals surface area contributed by atoms with E-state index in [1.165, 1.54) is 0 Å². The molecule has 0 amide bonds. The molecule has 0 aliphatic carbocycles. The molecule has 1 fully saturated rings. The normalized spacial score (nSPS) is 14.0. The van der Waals surface area contributed by atoms with Gasteiger partial charge in [-0.1, -0.05) is 19.9 Å². The van der Waals surface area contributed by atoms with Crippen LogP contribution in [-0.2, 0) is 4.74 Å². The Balaban J connectivity index is 0.000000924. The number of nitrogens with zero attached hydrogens (tertiary/aromatic N) is 2. The van der Waals surface area contributed by atoms with Crippen LogP contribution in [0.15, 0.2) is 36.5 Å². The molecule has 0 radical (unpaired) electrons. The molecule has 1 aliphatic rings. The molecule has 23 heavy (non-hydrogen) atoms. The van der Waals surface area contributed by atoms with Crippen LogP contribution in [0, 0.1) is 0 Å². The van der Waals surface area contributed by atoms with Gasteiger partial charge in [0.1, 0.15) is 0 Å². The van der Waals surface area contributed by atoms with Gasteiger partial charge in [0, 0.05) is 47.9 Å². The first kappa shape index (κ1) is 17.1. The molecule has 0 spiro atoms. The first-order chi connectivity index (χ1) is 11.3. The van der Waals surface area contributed by atoms with Gasteiger partial charge in [0.05, 0.1) is 20.3 Å². The fourth-order valence-electron chi connectivity index (χ4n) is 2.49. The summed E-state index contributed by atoms with van der Waals surface area (Å²) >= 11 is 0. The van der Waals surface area contributed by atoms with Crippen LogP contribution in [0.25, 0.3) is 11.1 Å². The molecule has 0 unspecified atom stereocenters. The third kappa shape index (κ3) is 4.13. The third-order valence-electron chi connectivity index (χ3n) is 3.67. The van der Waals surface area contributed by atoms with Gasteiger partial charge in [0.2, 0.25) is 5.88 Å². The number of ether oxygens (including phenoxy) is 2. The predicted octanol–water partition coefficient (Wildman–Crippen LogP) is 3.20. The van der Waals surface area contributed by atoms with Gasteiger partial charge in [-0.2, -0.15) is 0 Å². The lowest BCUT2D eigenvalue weighted by molar-refractivity contribution is 0.122. The molecule has 1 aromatic carbocycles. The first-order valence-corrected chi connectivity index (χ1v) is 8.00. The summed E-state index contributed by atoms with van der Waals surface area (Å²) in [5.74, 6) is 0.599. The highest BCUT2D eigenvalue weighted by atomic mass is 16.5. The number of aromatic nitrogens is 1. The van der Waals surface area contributed by atoms with E-state index in [0.717, 1.165) is 48.8 Å². The SMILES string of the molecule is CC.COc1ccc(-c2ccc(N3CCOCC3)cc2N)cn1. The summed E-state index contributed by atoms with van der Waals surface area (Å²) in [4.78, 5) is 6.51. The summed E-state index contributed by atoms with van der Waals surface area (Å²) in [6.07, 6.45) is 1.78. The third-order valence-corrected chi connectivity index (χ3v) is 3.67. The van der Waals surface area contributed by atoms with Gasteiger partial charge in [-0.15, -0.1) is 0 Å². The molecule has 1 aromatic heterocycles. The van der Waals surface area contributed by atoms with Crippen molar-refractivity contribution in [1.29, 1.82) is 0 Å². The Labute approximate surface area is 138 Å². The Morgan fingerprint density at radius 2 is 1.87 bits per heavy atom. The van der Waals surface area contributed by atoms with Gasteiger partial charge in [0.25, 0.3) is 0 Å². The van der Waals surface area contributed by atoms with Crippen LogP contribution < -0.4 is 15.4 Å². The number of hydrogen-bond donors (Lipinski definition) is 1. The molecule has 5 heteroatoms. The Bertz CT molecular complexity index is 608. The van der Waals surface area contributed by atoms with Gasteiger partial charge in [0.15, 0.2) is 0 Å². The number of nitrogens with two attached hydrogens (primary N) is 1. The Hall–Kier alpha value is -2.27. The van der Waals surface area contributed by atoms with Gasteiger partial charge in [-0.3, -0.25) is 0 Å². The topological polar surface area (TPSA) is 60.6 Å². The molecule has 2 aromatic rings. The highest BCUT2D eigenvalue weighted by molar-refractivity contribution is 5.79. The minimum absolute atomic E-state index is 0.599. The zero-order valence-electron chi connectivity index (χ0n) is 14.1. The van der Waals surface area contributed by atoms with Crippen molar-refractivity contribution >= 4 is 11.4 Å². The summed E-state index contributed by atoms with van der Waals surface area (Å²) in [6, 6.07) is 9.96. The molecule has 2 heterocycles. The number of nitrogen functional groups attached to an aromatic ring is 1. The van der Waals surface area contributed by atoms with Crippen molar-refractivity contribution in [2.45, 2.75) is 13.8 Å². The fourth-order valence-corrected chi connectivity index (χ4v) is 2.49. The largest absolute Gasteiger partial charge is 0.481 e. The lowest BCUT2D eigenvalue weighted by Crippen LogP contribution is -2.36. The van der Waals surface area contributed by atoms with Crippen LogP contribution in [0.3, 0.4) is 0 Å². The molecule has 1 aliphatic heterocycles. The average molecular weight is 315 g/mol. The zero-order valence-corrected chi connectivity index (χ0v) is 14.1. The van der Waals surface area contributed by atoms with Crippen molar-refractivity contribution in [2.24, 2.45) is 0 Å². The van der Waals surface area contributed by atoms with Crippen molar-refractivity contribution in [2.75, 3.05) is 44.0 Å². The second-order valence-electron chi connectivity index (χ2n) is 4.96. The summed E-state index contributed by atoms with van der Waals surface area (Å²) < 4.78 is 10.4. The standard InChI is InChI=1S/C16H19N3O2.C2H6/c1-20-16-5-2-12(11-18-16)14-4-3-13(10-15(14)17)19-6-8-21-9-7-19;1-2/h2-5,10-11H,6-9,17H2,1H3;1-2H3. The van der Waals surface area contributed by atoms with Crippen molar-refractivity contribution in [3.05, 3.63) is 36.5 Å². The molecular weight excluding hydrogens is 290 g/mol. The first-order valence-electron chi connectivity index (χ1n) is 8.00. The second-order valence-corrected chi connectivity index (χ2v) is 4.96. The van der Waals surface area contributed by atoms with Crippen molar-refractivity contribution in [3.63, 3.8) is 0 Å². The van der Waals surface area contributed by atoms with E-state index < -0.39 is 0 Å². The smallest absolute Gasteiger partial charge is 0.212 e. The van der Waals surface area contributed by atoms with Crippen LogP contribution in [0.1, 0.15) is 13.8 Å². The zero-order chi connectivity index (χ0) is 16.7. The Kier molecular flexibility index (Phi) is 6.23. The van der Waals surface area contributed by atoms with E-state index in [9.17, 15) is 0 Å². The van der Waals surface area contributed by atoms with E-state index in [1.807, 2.05) is 38.1 Å². The predicted molar refractivity (Wildman–Crippen MR) is 95.0 cm³/mol. The molecule has 0 saturated carbocycles. The van der Waals surface area contributed by atoms with E-state index >= 15 is 0 Å². The van der Waals surface area contributed by atoms with Gasteiger partial charge >= 0.3 is 0 Å². The number of methoxy groups -OCH3 is 1. The van der Waals surface area contributed by atoms with Crippen molar-refractivity contribution in [1.82, 2.24) is 4.98 Å².